The molecule has 1 aliphatic heterocycles. The van der Waals surface area contributed by atoms with E-state index in [0.717, 1.165) is 5.39 Å². The molecule has 1 aliphatic rings. The Kier molecular flexibility index (Phi) is 5.20. The van der Waals surface area contributed by atoms with E-state index in [4.69, 9.17) is 9.47 Å². The number of methoxy groups -OCH3 is 1. The predicted octanol–water partition coefficient (Wildman–Crippen LogP) is 3.28. The van der Waals surface area contributed by atoms with Crippen molar-refractivity contribution in [3.63, 3.8) is 0 Å². The molecule has 4 rings (SSSR count). The summed E-state index contributed by atoms with van der Waals surface area (Å²) in [6.45, 7) is 3.86. The summed E-state index contributed by atoms with van der Waals surface area (Å²) in [4.78, 5) is 20.2. The molecule has 1 atom stereocenters. The number of carbonyl (C=O) groups excluding carboxylic acids is 1. The molecule has 1 N–H and O–H groups in total. The third kappa shape index (κ3) is 3.52. The van der Waals surface area contributed by atoms with Crippen LogP contribution in [-0.4, -0.2) is 46.0 Å². The number of carbonyl (C=O) groups is 1. The summed E-state index contributed by atoms with van der Waals surface area (Å²) in [5.41, 5.74) is 0.540. The summed E-state index contributed by atoms with van der Waals surface area (Å²) in [5, 5.41) is 7.82. The van der Waals surface area contributed by atoms with Crippen LogP contribution < -0.4 is 5.32 Å². The smallest absolute Gasteiger partial charge is 0.264 e. The maximum Gasteiger partial charge on any atom is 0.264 e. The van der Waals surface area contributed by atoms with Crippen molar-refractivity contribution in [3.05, 3.63) is 41.3 Å². The van der Waals surface area contributed by atoms with E-state index < -0.39 is 12.0 Å². The third-order valence-electron chi connectivity index (χ3n) is 5.20. The zero-order chi connectivity index (χ0) is 21.5. The van der Waals surface area contributed by atoms with E-state index in [2.05, 4.69) is 20.4 Å². The monoisotopic (exact) mass is 417 g/mol. The lowest BCUT2D eigenvalue weighted by atomic mass is 9.96. The van der Waals surface area contributed by atoms with Crippen molar-refractivity contribution in [1.82, 2.24) is 19.7 Å². The first-order valence-corrected chi connectivity index (χ1v) is 9.40. The Morgan fingerprint density at radius 1 is 1.37 bits per heavy atom. The van der Waals surface area contributed by atoms with Crippen LogP contribution in [0.15, 0.2) is 24.4 Å². The van der Waals surface area contributed by atoms with Gasteiger partial charge in [-0.2, -0.15) is 5.10 Å². The second-order valence-corrected chi connectivity index (χ2v) is 7.21. The minimum atomic E-state index is -2.69. The zero-order valence-corrected chi connectivity index (χ0v) is 16.8. The van der Waals surface area contributed by atoms with E-state index >= 15 is 0 Å². The van der Waals surface area contributed by atoms with Gasteiger partial charge in [0.1, 0.15) is 11.4 Å². The van der Waals surface area contributed by atoms with Crippen LogP contribution in [0.3, 0.4) is 0 Å². The van der Waals surface area contributed by atoms with Gasteiger partial charge in [0, 0.05) is 50.3 Å². The van der Waals surface area contributed by atoms with Gasteiger partial charge >= 0.3 is 0 Å². The first-order valence-electron chi connectivity index (χ1n) is 9.40. The number of rotatable bonds is 5. The number of fused-ring (bicyclic) bond motifs is 1. The molecule has 8 nitrogen and oxygen atoms in total. The van der Waals surface area contributed by atoms with Crippen molar-refractivity contribution < 1.29 is 23.0 Å². The number of alkyl halides is 2. The normalized spacial score (nSPS) is 19.0. The number of amides is 1. The Bertz CT molecular complexity index is 1110. The molecular formula is C20H21F2N5O3. The van der Waals surface area contributed by atoms with E-state index in [1.54, 1.807) is 19.2 Å². The first kappa shape index (κ1) is 20.3. The fraction of sp³-hybridized carbons (Fsp3) is 0.400. The standard InChI is InChI=1S/C20H21F2N5O3/c1-11-14-9-23-17(24-12(2)28)8-15(14)27(26-11)18-7-13(19(21)22)6-16(25-18)20(29-3)4-5-30-10-20/h6-9,19H,4-5,10H2,1-3H3,(H,23,24,28)/t20-/m0/s1. The molecule has 0 saturated carbocycles. The van der Waals surface area contributed by atoms with Gasteiger partial charge in [-0.1, -0.05) is 0 Å². The highest BCUT2D eigenvalue weighted by molar-refractivity contribution is 5.91. The fourth-order valence-electron chi connectivity index (χ4n) is 3.60. The molecular weight excluding hydrogens is 396 g/mol. The molecule has 0 aliphatic carbocycles. The lowest BCUT2D eigenvalue weighted by molar-refractivity contribution is -0.114. The van der Waals surface area contributed by atoms with Gasteiger partial charge in [-0.25, -0.2) is 23.4 Å². The van der Waals surface area contributed by atoms with E-state index in [-0.39, 0.29) is 23.9 Å². The Labute approximate surface area is 171 Å². The molecule has 1 saturated heterocycles. The summed E-state index contributed by atoms with van der Waals surface area (Å²) in [6, 6.07) is 4.30. The van der Waals surface area contributed by atoms with E-state index in [1.165, 1.54) is 30.8 Å². The van der Waals surface area contributed by atoms with Gasteiger partial charge in [0.2, 0.25) is 5.91 Å². The van der Waals surface area contributed by atoms with E-state index in [1.807, 2.05) is 0 Å². The van der Waals surface area contributed by atoms with Crippen molar-refractivity contribution in [2.75, 3.05) is 25.6 Å². The zero-order valence-electron chi connectivity index (χ0n) is 16.8. The van der Waals surface area contributed by atoms with Crippen LogP contribution in [0.1, 0.15) is 36.7 Å². The number of aromatic nitrogens is 4. The maximum absolute atomic E-state index is 13.7. The molecule has 4 heterocycles. The summed E-state index contributed by atoms with van der Waals surface area (Å²) in [5.74, 6) is 0.288. The second kappa shape index (κ2) is 7.69. The molecule has 0 unspecified atom stereocenters. The lowest BCUT2D eigenvalue weighted by Gasteiger charge is -2.26. The number of halogens is 2. The van der Waals surface area contributed by atoms with Crippen LogP contribution in [0.25, 0.3) is 16.7 Å². The number of hydrogen-bond donors (Lipinski definition) is 1. The highest BCUT2D eigenvalue weighted by atomic mass is 19.3. The molecule has 0 radical (unpaired) electrons. The van der Waals surface area contributed by atoms with Crippen LogP contribution in [0.2, 0.25) is 0 Å². The average molecular weight is 417 g/mol. The van der Waals surface area contributed by atoms with Gasteiger partial charge in [-0.15, -0.1) is 0 Å². The SMILES string of the molecule is CO[C@@]1(c2cc(C(F)F)cc(-n3nc(C)c4cnc(NC(C)=O)cc43)n2)CCOC1. The number of nitrogens with zero attached hydrogens (tertiary/aromatic N) is 4. The van der Waals surface area contributed by atoms with Crippen LogP contribution in [0.5, 0.6) is 0 Å². The summed E-state index contributed by atoms with van der Waals surface area (Å²) in [6.07, 6.45) is -0.599. The van der Waals surface area contributed by atoms with E-state index in [0.29, 0.717) is 35.8 Å². The van der Waals surface area contributed by atoms with Gasteiger partial charge in [-0.3, -0.25) is 4.79 Å². The minimum Gasteiger partial charge on any atom is -0.378 e. The molecule has 0 aromatic carbocycles. The maximum atomic E-state index is 13.7. The highest BCUT2D eigenvalue weighted by Crippen LogP contribution is 2.36. The van der Waals surface area contributed by atoms with Crippen molar-refractivity contribution in [2.24, 2.45) is 0 Å². The number of anilines is 1. The van der Waals surface area contributed by atoms with Crippen LogP contribution in [-0.2, 0) is 19.9 Å². The number of aryl methyl sites for hydroxylation is 1. The average Bonchev–Trinajstić information content (AvgIpc) is 3.33. The quantitative estimate of drug-likeness (QED) is 0.685. The first-order chi connectivity index (χ1) is 14.3. The van der Waals surface area contributed by atoms with Crippen molar-refractivity contribution in [2.45, 2.75) is 32.3 Å². The lowest BCUT2D eigenvalue weighted by Crippen LogP contribution is -2.30. The molecule has 10 heteroatoms. The van der Waals surface area contributed by atoms with Gasteiger partial charge < -0.3 is 14.8 Å². The predicted molar refractivity (Wildman–Crippen MR) is 105 cm³/mol. The van der Waals surface area contributed by atoms with Crippen molar-refractivity contribution in [1.29, 1.82) is 0 Å². The number of hydrogen-bond acceptors (Lipinski definition) is 6. The highest BCUT2D eigenvalue weighted by Gasteiger charge is 2.39. The van der Waals surface area contributed by atoms with Gasteiger partial charge in [0.05, 0.1) is 23.5 Å². The number of nitrogens with one attached hydrogen (secondary N) is 1. The largest absolute Gasteiger partial charge is 0.378 e. The van der Waals surface area contributed by atoms with Gasteiger partial charge in [-0.05, 0) is 19.1 Å². The third-order valence-corrected chi connectivity index (χ3v) is 5.20. The Balaban J connectivity index is 1.91. The van der Waals surface area contributed by atoms with Crippen LogP contribution >= 0.6 is 0 Å². The minimum absolute atomic E-state index is 0.184. The summed E-state index contributed by atoms with van der Waals surface area (Å²) >= 11 is 0. The van der Waals surface area contributed by atoms with Gasteiger partial charge in [0.15, 0.2) is 5.82 Å². The fourth-order valence-corrected chi connectivity index (χ4v) is 3.60. The second-order valence-electron chi connectivity index (χ2n) is 7.21. The Hall–Kier alpha value is -2.98. The molecule has 3 aromatic heterocycles. The topological polar surface area (TPSA) is 91.2 Å². The van der Waals surface area contributed by atoms with Crippen molar-refractivity contribution >= 4 is 22.6 Å². The molecule has 0 spiro atoms. The van der Waals surface area contributed by atoms with Crippen LogP contribution in [0, 0.1) is 6.92 Å². The molecule has 1 fully saturated rings. The molecule has 3 aromatic rings. The summed E-state index contributed by atoms with van der Waals surface area (Å²) < 4.78 is 40.0. The molecule has 158 valence electrons. The molecule has 1 amide bonds. The van der Waals surface area contributed by atoms with Crippen molar-refractivity contribution in [3.8, 4) is 5.82 Å². The summed E-state index contributed by atoms with van der Waals surface area (Å²) in [7, 11) is 1.52. The Morgan fingerprint density at radius 3 is 2.80 bits per heavy atom. The van der Waals surface area contributed by atoms with E-state index in [9.17, 15) is 13.6 Å². The van der Waals surface area contributed by atoms with Gasteiger partial charge in [0.25, 0.3) is 6.43 Å². The number of ether oxygens (including phenoxy) is 2. The number of pyridine rings is 2. The Morgan fingerprint density at radius 2 is 2.17 bits per heavy atom. The molecule has 30 heavy (non-hydrogen) atoms. The van der Waals surface area contributed by atoms with Crippen LogP contribution in [0.4, 0.5) is 14.6 Å². The molecule has 0 bridgehead atoms.